The molecule has 21 heavy (non-hydrogen) atoms. The Bertz CT molecular complexity index is 595. The van der Waals surface area contributed by atoms with Crippen molar-refractivity contribution in [3.8, 4) is 5.75 Å². The summed E-state index contributed by atoms with van der Waals surface area (Å²) in [4.78, 5) is 1.50. The molecule has 0 fully saturated rings. The van der Waals surface area contributed by atoms with Gasteiger partial charge in [-0.25, -0.2) is 0 Å². The number of hydrogen-bond acceptors (Lipinski definition) is 4. The number of rotatable bonds is 8. The van der Waals surface area contributed by atoms with E-state index in [1.807, 2.05) is 22.5 Å². The summed E-state index contributed by atoms with van der Waals surface area (Å²) in [7, 11) is 5.33. The standard InChI is InChI=1S/C17H22OS3/c1-3-4-5-6-7-16-15(17(19)21-20-16)12-13-8-10-14(18-2)11-9-13/h8-11H,3-7,12H2,1-2H3. The highest BCUT2D eigenvalue weighted by atomic mass is 32.9. The molecule has 0 spiro atoms. The maximum atomic E-state index is 5.53. The van der Waals surface area contributed by atoms with E-state index < -0.39 is 0 Å². The van der Waals surface area contributed by atoms with Gasteiger partial charge < -0.3 is 4.74 Å². The second kappa shape index (κ2) is 8.66. The lowest BCUT2D eigenvalue weighted by Crippen LogP contribution is -1.93. The molecule has 0 aliphatic carbocycles. The van der Waals surface area contributed by atoms with Crippen LogP contribution >= 0.6 is 32.9 Å². The zero-order valence-electron chi connectivity index (χ0n) is 12.7. The molecule has 1 nitrogen and oxygen atoms in total. The fourth-order valence-electron chi connectivity index (χ4n) is 2.33. The van der Waals surface area contributed by atoms with Crippen LogP contribution in [-0.2, 0) is 12.8 Å². The Labute approximate surface area is 140 Å². The monoisotopic (exact) mass is 338 g/mol. The zero-order valence-corrected chi connectivity index (χ0v) is 15.1. The highest BCUT2D eigenvalue weighted by molar-refractivity contribution is 7.79. The molecule has 0 amide bonds. The average Bonchev–Trinajstić information content (AvgIpc) is 2.85. The molecule has 0 unspecified atom stereocenters. The summed E-state index contributed by atoms with van der Waals surface area (Å²) >= 11 is 5.53. The summed E-state index contributed by atoms with van der Waals surface area (Å²) in [6.07, 6.45) is 7.37. The summed E-state index contributed by atoms with van der Waals surface area (Å²) < 4.78 is 6.28. The van der Waals surface area contributed by atoms with E-state index in [2.05, 4.69) is 19.1 Å². The second-order valence-electron chi connectivity index (χ2n) is 5.19. The molecule has 0 bridgehead atoms. The van der Waals surface area contributed by atoms with Crippen LogP contribution < -0.4 is 4.74 Å². The quantitative estimate of drug-likeness (QED) is 0.319. The van der Waals surface area contributed by atoms with E-state index in [1.165, 1.54) is 48.1 Å². The van der Waals surface area contributed by atoms with Gasteiger partial charge in [-0.2, -0.15) is 0 Å². The Balaban J connectivity index is 2.04. The lowest BCUT2D eigenvalue weighted by atomic mass is 10.0. The Hall–Kier alpha value is -0.710. The maximum absolute atomic E-state index is 5.53. The SMILES string of the molecule is CCCCCCc1ssc(=S)c1Cc1ccc(OC)cc1. The number of benzene rings is 1. The zero-order chi connectivity index (χ0) is 15.1. The summed E-state index contributed by atoms with van der Waals surface area (Å²) in [6, 6.07) is 8.32. The number of methoxy groups -OCH3 is 1. The van der Waals surface area contributed by atoms with Crippen LogP contribution in [0.4, 0.5) is 0 Å². The van der Waals surface area contributed by atoms with E-state index in [1.54, 1.807) is 17.5 Å². The van der Waals surface area contributed by atoms with Gasteiger partial charge in [-0.1, -0.05) is 71.2 Å². The molecule has 0 aliphatic rings. The number of ether oxygens (including phenoxy) is 1. The molecule has 2 aromatic rings. The second-order valence-corrected chi connectivity index (χ2v) is 8.09. The third kappa shape index (κ3) is 4.90. The van der Waals surface area contributed by atoms with Crippen LogP contribution in [0.2, 0.25) is 0 Å². The lowest BCUT2D eigenvalue weighted by molar-refractivity contribution is 0.414. The highest BCUT2D eigenvalue weighted by Crippen LogP contribution is 2.29. The van der Waals surface area contributed by atoms with Crippen molar-refractivity contribution in [3.63, 3.8) is 0 Å². The van der Waals surface area contributed by atoms with E-state index in [9.17, 15) is 0 Å². The largest absolute Gasteiger partial charge is 0.497 e. The predicted molar refractivity (Wildman–Crippen MR) is 96.7 cm³/mol. The topological polar surface area (TPSA) is 9.23 Å². The van der Waals surface area contributed by atoms with E-state index in [0.717, 1.165) is 16.0 Å². The van der Waals surface area contributed by atoms with Crippen molar-refractivity contribution in [2.24, 2.45) is 0 Å². The first-order valence-corrected chi connectivity index (χ1v) is 10.0. The van der Waals surface area contributed by atoms with Gasteiger partial charge in [0.2, 0.25) is 0 Å². The minimum absolute atomic E-state index is 0.908. The van der Waals surface area contributed by atoms with Gasteiger partial charge in [0.1, 0.15) is 9.57 Å². The third-order valence-corrected chi connectivity index (χ3v) is 6.90. The van der Waals surface area contributed by atoms with Crippen molar-refractivity contribution >= 4 is 32.9 Å². The van der Waals surface area contributed by atoms with E-state index >= 15 is 0 Å². The van der Waals surface area contributed by atoms with Gasteiger partial charge in [0.25, 0.3) is 0 Å². The summed E-state index contributed by atoms with van der Waals surface area (Å²) in [6.45, 7) is 2.25. The summed E-state index contributed by atoms with van der Waals surface area (Å²) in [5.74, 6) is 0.908. The fourth-order valence-corrected chi connectivity index (χ4v) is 5.31. The number of aryl methyl sites for hydroxylation is 1. The number of unbranched alkanes of at least 4 members (excludes halogenated alkanes) is 3. The smallest absolute Gasteiger partial charge is 0.118 e. The molecule has 114 valence electrons. The molecule has 0 saturated carbocycles. The van der Waals surface area contributed by atoms with Crippen molar-refractivity contribution in [2.45, 2.75) is 45.4 Å². The molecule has 0 aliphatic heterocycles. The van der Waals surface area contributed by atoms with Gasteiger partial charge in [0, 0.05) is 11.3 Å². The molecule has 0 saturated heterocycles. The van der Waals surface area contributed by atoms with Crippen LogP contribution in [0.15, 0.2) is 24.3 Å². The van der Waals surface area contributed by atoms with Crippen molar-refractivity contribution in [1.82, 2.24) is 0 Å². The molecule has 4 heteroatoms. The molecule has 0 atom stereocenters. The highest BCUT2D eigenvalue weighted by Gasteiger charge is 2.09. The molecule has 1 aromatic carbocycles. The molecular weight excluding hydrogens is 316 g/mol. The Kier molecular flexibility index (Phi) is 6.87. The van der Waals surface area contributed by atoms with Crippen LogP contribution in [0, 0.1) is 3.82 Å². The maximum Gasteiger partial charge on any atom is 0.118 e. The van der Waals surface area contributed by atoms with Crippen molar-refractivity contribution in [2.75, 3.05) is 7.11 Å². The molecular formula is C17H22OS3. The van der Waals surface area contributed by atoms with Crippen LogP contribution in [0.1, 0.15) is 48.6 Å². The Morgan fingerprint density at radius 3 is 2.48 bits per heavy atom. The number of hydrogen-bond donors (Lipinski definition) is 0. The molecule has 0 N–H and O–H groups in total. The lowest BCUT2D eigenvalue weighted by Gasteiger charge is -2.05. The molecule has 0 radical (unpaired) electrons. The van der Waals surface area contributed by atoms with Crippen molar-refractivity contribution < 1.29 is 4.74 Å². The first-order chi connectivity index (χ1) is 10.2. The first-order valence-electron chi connectivity index (χ1n) is 7.48. The predicted octanol–water partition coefficient (Wildman–Crippen LogP) is 6.26. The average molecular weight is 339 g/mol. The van der Waals surface area contributed by atoms with Gasteiger partial charge >= 0.3 is 0 Å². The minimum Gasteiger partial charge on any atom is -0.497 e. The molecule has 2 rings (SSSR count). The molecule has 1 heterocycles. The van der Waals surface area contributed by atoms with Crippen LogP contribution in [0.5, 0.6) is 5.75 Å². The third-order valence-electron chi connectivity index (χ3n) is 3.60. The fraction of sp³-hybridized carbons (Fsp3) is 0.471. The first kappa shape index (κ1) is 16.7. The Morgan fingerprint density at radius 1 is 1.05 bits per heavy atom. The van der Waals surface area contributed by atoms with Gasteiger partial charge in [-0.15, -0.1) is 0 Å². The van der Waals surface area contributed by atoms with Crippen molar-refractivity contribution in [1.29, 1.82) is 0 Å². The minimum atomic E-state index is 0.908. The summed E-state index contributed by atoms with van der Waals surface area (Å²) in [5.41, 5.74) is 2.68. The van der Waals surface area contributed by atoms with Gasteiger partial charge in [-0.05, 0) is 36.1 Å². The van der Waals surface area contributed by atoms with Crippen LogP contribution in [0.25, 0.3) is 0 Å². The van der Waals surface area contributed by atoms with Gasteiger partial charge in [0.15, 0.2) is 0 Å². The van der Waals surface area contributed by atoms with Crippen LogP contribution in [0.3, 0.4) is 0 Å². The normalized spacial score (nSPS) is 10.8. The van der Waals surface area contributed by atoms with E-state index in [0.29, 0.717) is 0 Å². The summed E-state index contributed by atoms with van der Waals surface area (Å²) in [5, 5.41) is 0. The van der Waals surface area contributed by atoms with Gasteiger partial charge in [-0.3, -0.25) is 0 Å². The van der Waals surface area contributed by atoms with Gasteiger partial charge in [0.05, 0.1) is 7.11 Å². The van der Waals surface area contributed by atoms with E-state index in [4.69, 9.17) is 17.0 Å². The Morgan fingerprint density at radius 2 is 1.81 bits per heavy atom. The van der Waals surface area contributed by atoms with Crippen molar-refractivity contribution in [3.05, 3.63) is 44.1 Å². The molecule has 1 aromatic heterocycles. The van der Waals surface area contributed by atoms with E-state index in [-0.39, 0.29) is 0 Å². The van der Waals surface area contributed by atoms with Crippen LogP contribution in [-0.4, -0.2) is 7.11 Å².